The molecule has 0 radical (unpaired) electrons. The Labute approximate surface area is 127 Å². The first-order valence-corrected chi connectivity index (χ1v) is 7.90. The molecule has 2 aromatic rings. The van der Waals surface area contributed by atoms with Gasteiger partial charge in [-0.3, -0.25) is 9.69 Å². The van der Waals surface area contributed by atoms with Crippen LogP contribution < -0.4 is 5.32 Å². The number of piperazine rings is 1. The minimum atomic E-state index is -0.264. The topological polar surface area (TPSA) is 71.3 Å². The molecule has 1 N–H and O–H groups in total. The lowest BCUT2D eigenvalue weighted by atomic mass is 10.1. The van der Waals surface area contributed by atoms with E-state index in [4.69, 9.17) is 4.52 Å². The maximum Gasteiger partial charge on any atom is 0.242 e. The summed E-state index contributed by atoms with van der Waals surface area (Å²) < 4.78 is 5.23. The van der Waals surface area contributed by atoms with Crippen LogP contribution in [0.2, 0.25) is 0 Å². The van der Waals surface area contributed by atoms with Crippen LogP contribution in [-0.2, 0) is 11.3 Å². The molecule has 0 bridgehead atoms. The van der Waals surface area contributed by atoms with Crippen molar-refractivity contribution in [1.82, 2.24) is 20.4 Å². The standard InChI is InChI=1S/C14H18N4O2S/c1-9(2)14-16-11(17-20-14)8-18-6-5-15-13(19)12(18)10-4-3-7-21-10/h3-4,7,9,12H,5-6,8H2,1-2H3,(H,15,19)/t12-/m1/s1. The smallest absolute Gasteiger partial charge is 0.242 e. The number of nitrogens with one attached hydrogen (secondary N) is 1. The molecular formula is C14H18N4O2S. The Morgan fingerprint density at radius 3 is 3.10 bits per heavy atom. The van der Waals surface area contributed by atoms with Crippen molar-refractivity contribution in [3.63, 3.8) is 0 Å². The molecule has 7 heteroatoms. The van der Waals surface area contributed by atoms with Gasteiger partial charge in [0.1, 0.15) is 6.04 Å². The fourth-order valence-electron chi connectivity index (χ4n) is 2.39. The summed E-state index contributed by atoms with van der Waals surface area (Å²) in [6.07, 6.45) is 0. The number of carbonyl (C=O) groups excluding carboxylic acids is 1. The van der Waals surface area contributed by atoms with Crippen LogP contribution >= 0.6 is 11.3 Å². The Morgan fingerprint density at radius 1 is 1.57 bits per heavy atom. The van der Waals surface area contributed by atoms with Crippen LogP contribution in [0.1, 0.15) is 42.4 Å². The number of amides is 1. The third-order valence-corrected chi connectivity index (χ3v) is 4.37. The van der Waals surface area contributed by atoms with Gasteiger partial charge < -0.3 is 9.84 Å². The van der Waals surface area contributed by atoms with Gasteiger partial charge in [-0.15, -0.1) is 11.3 Å². The van der Waals surface area contributed by atoms with Crippen molar-refractivity contribution in [1.29, 1.82) is 0 Å². The summed E-state index contributed by atoms with van der Waals surface area (Å²) >= 11 is 1.59. The van der Waals surface area contributed by atoms with Crippen molar-refractivity contribution >= 4 is 17.2 Å². The summed E-state index contributed by atoms with van der Waals surface area (Å²) in [6.45, 7) is 5.97. The van der Waals surface area contributed by atoms with Gasteiger partial charge in [0.15, 0.2) is 5.82 Å². The van der Waals surface area contributed by atoms with Crippen molar-refractivity contribution in [2.24, 2.45) is 0 Å². The normalized spacial score (nSPS) is 20.0. The number of hydrogen-bond donors (Lipinski definition) is 1. The van der Waals surface area contributed by atoms with Gasteiger partial charge in [0.25, 0.3) is 0 Å². The van der Waals surface area contributed by atoms with Crippen LogP contribution in [0.3, 0.4) is 0 Å². The second-order valence-electron chi connectivity index (χ2n) is 5.38. The van der Waals surface area contributed by atoms with E-state index in [2.05, 4.69) is 20.4 Å². The number of carbonyl (C=O) groups is 1. The molecule has 0 spiro atoms. The minimum absolute atomic E-state index is 0.0382. The van der Waals surface area contributed by atoms with Crippen molar-refractivity contribution in [2.45, 2.75) is 32.4 Å². The molecule has 112 valence electrons. The van der Waals surface area contributed by atoms with E-state index in [1.165, 1.54) is 0 Å². The molecule has 1 saturated heterocycles. The lowest BCUT2D eigenvalue weighted by Crippen LogP contribution is -2.49. The number of aromatic nitrogens is 2. The van der Waals surface area contributed by atoms with Crippen LogP contribution in [-0.4, -0.2) is 34.0 Å². The average molecular weight is 306 g/mol. The summed E-state index contributed by atoms with van der Waals surface area (Å²) in [5.41, 5.74) is 0. The molecule has 2 aromatic heterocycles. The van der Waals surface area contributed by atoms with Gasteiger partial charge in [0.05, 0.1) is 6.54 Å². The summed E-state index contributed by atoms with van der Waals surface area (Å²) in [4.78, 5) is 19.7. The second kappa shape index (κ2) is 5.95. The molecule has 1 aliphatic rings. The highest BCUT2D eigenvalue weighted by Crippen LogP contribution is 2.28. The molecule has 1 atom stereocenters. The van der Waals surface area contributed by atoms with Crippen LogP contribution in [0.4, 0.5) is 0 Å². The predicted octanol–water partition coefficient (Wildman–Crippen LogP) is 1.93. The van der Waals surface area contributed by atoms with Crippen LogP contribution in [0, 0.1) is 0 Å². The van der Waals surface area contributed by atoms with Gasteiger partial charge in [0, 0.05) is 23.9 Å². The fraction of sp³-hybridized carbons (Fsp3) is 0.500. The molecule has 0 unspecified atom stereocenters. The number of thiophene rings is 1. The van der Waals surface area contributed by atoms with Crippen LogP contribution in [0.5, 0.6) is 0 Å². The Balaban J connectivity index is 1.79. The zero-order valence-corrected chi connectivity index (χ0v) is 12.9. The fourth-order valence-corrected chi connectivity index (χ4v) is 3.24. The summed E-state index contributed by atoms with van der Waals surface area (Å²) in [7, 11) is 0. The highest BCUT2D eigenvalue weighted by Gasteiger charge is 2.32. The first-order chi connectivity index (χ1) is 10.1. The van der Waals surface area contributed by atoms with E-state index in [0.29, 0.717) is 24.8 Å². The van der Waals surface area contributed by atoms with Crippen LogP contribution in [0.15, 0.2) is 22.0 Å². The number of nitrogens with zero attached hydrogens (tertiary/aromatic N) is 3. The van der Waals surface area contributed by atoms with Crippen LogP contribution in [0.25, 0.3) is 0 Å². The van der Waals surface area contributed by atoms with Gasteiger partial charge >= 0.3 is 0 Å². The maximum atomic E-state index is 12.2. The molecular weight excluding hydrogens is 288 g/mol. The summed E-state index contributed by atoms with van der Waals surface area (Å²) in [5.74, 6) is 1.52. The first kappa shape index (κ1) is 14.2. The van der Waals surface area contributed by atoms with E-state index in [1.54, 1.807) is 11.3 Å². The Hall–Kier alpha value is -1.73. The first-order valence-electron chi connectivity index (χ1n) is 7.03. The van der Waals surface area contributed by atoms with Crippen molar-refractivity contribution in [2.75, 3.05) is 13.1 Å². The van der Waals surface area contributed by atoms with E-state index in [0.717, 1.165) is 11.4 Å². The maximum absolute atomic E-state index is 12.2. The van der Waals surface area contributed by atoms with E-state index >= 15 is 0 Å². The monoisotopic (exact) mass is 306 g/mol. The van der Waals surface area contributed by atoms with Crippen molar-refractivity contribution in [3.05, 3.63) is 34.1 Å². The van der Waals surface area contributed by atoms with Crippen molar-refractivity contribution < 1.29 is 9.32 Å². The average Bonchev–Trinajstić information content (AvgIpc) is 3.10. The SMILES string of the molecule is CC(C)c1nc(CN2CCNC(=O)[C@H]2c2cccs2)no1. The third-order valence-electron chi connectivity index (χ3n) is 3.45. The second-order valence-corrected chi connectivity index (χ2v) is 6.36. The van der Waals surface area contributed by atoms with Gasteiger partial charge in [-0.25, -0.2) is 0 Å². The zero-order valence-electron chi connectivity index (χ0n) is 12.1. The molecule has 0 aromatic carbocycles. The molecule has 0 aliphatic carbocycles. The minimum Gasteiger partial charge on any atom is -0.353 e. The highest BCUT2D eigenvalue weighted by molar-refractivity contribution is 7.10. The van der Waals surface area contributed by atoms with Gasteiger partial charge in [0.2, 0.25) is 11.8 Å². The molecule has 6 nitrogen and oxygen atoms in total. The molecule has 21 heavy (non-hydrogen) atoms. The predicted molar refractivity (Wildman–Crippen MR) is 78.9 cm³/mol. The molecule has 3 heterocycles. The van der Waals surface area contributed by atoms with E-state index in [9.17, 15) is 4.79 Å². The number of hydrogen-bond acceptors (Lipinski definition) is 6. The Kier molecular flexibility index (Phi) is 4.03. The molecule has 3 rings (SSSR count). The largest absolute Gasteiger partial charge is 0.353 e. The summed E-state index contributed by atoms with van der Waals surface area (Å²) in [6, 6.07) is 3.69. The molecule has 1 fully saturated rings. The zero-order chi connectivity index (χ0) is 14.8. The lowest BCUT2D eigenvalue weighted by molar-refractivity contribution is -0.129. The Bertz CT molecular complexity index is 608. The quantitative estimate of drug-likeness (QED) is 0.934. The highest BCUT2D eigenvalue weighted by atomic mass is 32.1. The molecule has 1 aliphatic heterocycles. The van der Waals surface area contributed by atoms with Crippen molar-refractivity contribution in [3.8, 4) is 0 Å². The van der Waals surface area contributed by atoms with E-state index in [1.807, 2.05) is 31.4 Å². The van der Waals surface area contributed by atoms with E-state index < -0.39 is 0 Å². The van der Waals surface area contributed by atoms with Gasteiger partial charge in [-0.1, -0.05) is 25.1 Å². The number of rotatable bonds is 4. The van der Waals surface area contributed by atoms with Gasteiger partial charge in [-0.2, -0.15) is 4.98 Å². The third kappa shape index (κ3) is 2.98. The summed E-state index contributed by atoms with van der Waals surface area (Å²) in [5, 5.41) is 8.92. The Morgan fingerprint density at radius 2 is 2.43 bits per heavy atom. The molecule has 0 saturated carbocycles. The van der Waals surface area contributed by atoms with E-state index in [-0.39, 0.29) is 17.9 Å². The lowest BCUT2D eigenvalue weighted by Gasteiger charge is -2.33. The molecule has 1 amide bonds. The van der Waals surface area contributed by atoms with Gasteiger partial charge in [-0.05, 0) is 11.4 Å².